The predicted octanol–water partition coefficient (Wildman–Crippen LogP) is 4.57. The minimum atomic E-state index is -3.68. The van der Waals surface area contributed by atoms with Crippen LogP contribution in [-0.2, 0) is 16.6 Å². The molecule has 0 atom stereocenters. The molecule has 10 heteroatoms. The van der Waals surface area contributed by atoms with E-state index in [-0.39, 0.29) is 20.9 Å². The molecule has 4 rings (SSSR count). The minimum absolute atomic E-state index is 0.0607. The molecular formula is C19H20Cl2N4O2S2. The van der Waals surface area contributed by atoms with Gasteiger partial charge >= 0.3 is 0 Å². The number of rotatable bonds is 5. The van der Waals surface area contributed by atoms with E-state index in [9.17, 15) is 8.42 Å². The van der Waals surface area contributed by atoms with Crippen LogP contribution in [-0.4, -0.2) is 40.3 Å². The van der Waals surface area contributed by atoms with Gasteiger partial charge in [-0.2, -0.15) is 4.31 Å². The number of aryl methyl sites for hydroxylation is 1. The van der Waals surface area contributed by atoms with Crippen molar-refractivity contribution >= 4 is 44.6 Å². The van der Waals surface area contributed by atoms with Gasteiger partial charge in [0, 0.05) is 36.8 Å². The Morgan fingerprint density at radius 3 is 2.69 bits per heavy atom. The van der Waals surface area contributed by atoms with Crippen molar-refractivity contribution in [2.24, 2.45) is 0 Å². The first-order valence-corrected chi connectivity index (χ1v) is 12.3. The number of thiazole rings is 1. The van der Waals surface area contributed by atoms with Gasteiger partial charge in [-0.15, -0.1) is 11.3 Å². The summed E-state index contributed by atoms with van der Waals surface area (Å²) in [6.45, 7) is 3.50. The van der Waals surface area contributed by atoms with Crippen molar-refractivity contribution in [1.82, 2.24) is 18.8 Å². The summed E-state index contributed by atoms with van der Waals surface area (Å²) in [7, 11) is -3.68. The molecule has 154 valence electrons. The standard InChI is InChI=1S/C19H20Cl2N4O2S2/c1-13-23-15(12-28-13)11-24-10-7-22-19(24)14-5-8-25(9-6-14)29(26,27)17-4-2-3-16(20)18(17)21/h2-4,7,10,12,14H,5-6,8-9,11H2,1H3. The number of hydrogen-bond acceptors (Lipinski definition) is 5. The van der Waals surface area contributed by atoms with Gasteiger partial charge in [0.25, 0.3) is 0 Å². The third kappa shape index (κ3) is 4.22. The Morgan fingerprint density at radius 2 is 2.00 bits per heavy atom. The molecule has 0 saturated carbocycles. The van der Waals surface area contributed by atoms with Crippen LogP contribution < -0.4 is 0 Å². The third-order valence-electron chi connectivity index (χ3n) is 5.10. The second-order valence-corrected chi connectivity index (χ2v) is 10.8. The summed E-state index contributed by atoms with van der Waals surface area (Å²) in [5.74, 6) is 1.18. The number of piperidine rings is 1. The summed E-state index contributed by atoms with van der Waals surface area (Å²) >= 11 is 13.8. The van der Waals surface area contributed by atoms with Crippen molar-refractivity contribution in [2.75, 3.05) is 13.1 Å². The average molecular weight is 471 g/mol. The Balaban J connectivity index is 1.48. The number of hydrogen-bond donors (Lipinski definition) is 0. The maximum atomic E-state index is 13.0. The van der Waals surface area contributed by atoms with Crippen LogP contribution >= 0.6 is 34.5 Å². The molecule has 0 radical (unpaired) electrons. The first-order chi connectivity index (χ1) is 13.9. The molecule has 2 aromatic heterocycles. The molecule has 0 bridgehead atoms. The van der Waals surface area contributed by atoms with Gasteiger partial charge in [-0.25, -0.2) is 18.4 Å². The largest absolute Gasteiger partial charge is 0.329 e. The molecule has 6 nitrogen and oxygen atoms in total. The fourth-order valence-electron chi connectivity index (χ4n) is 3.65. The highest BCUT2D eigenvalue weighted by Crippen LogP contribution is 2.34. The lowest BCUT2D eigenvalue weighted by Gasteiger charge is -2.31. The number of halogens is 2. The van der Waals surface area contributed by atoms with Gasteiger partial charge in [0.2, 0.25) is 10.0 Å². The summed E-state index contributed by atoms with van der Waals surface area (Å²) in [5, 5.41) is 3.41. The molecule has 0 amide bonds. The Labute approximate surface area is 184 Å². The molecule has 1 aliphatic rings. The normalized spacial score (nSPS) is 16.4. The summed E-state index contributed by atoms with van der Waals surface area (Å²) in [6.07, 6.45) is 5.15. The summed E-state index contributed by atoms with van der Waals surface area (Å²) in [5.41, 5.74) is 1.02. The molecule has 3 heterocycles. The number of nitrogens with zero attached hydrogens (tertiary/aromatic N) is 4. The molecule has 1 saturated heterocycles. The zero-order valence-corrected chi connectivity index (χ0v) is 18.9. The lowest BCUT2D eigenvalue weighted by atomic mass is 9.97. The van der Waals surface area contributed by atoms with Crippen LogP contribution in [0.4, 0.5) is 0 Å². The SMILES string of the molecule is Cc1nc(Cn2ccnc2C2CCN(S(=O)(=O)c3cccc(Cl)c3Cl)CC2)cs1. The zero-order chi connectivity index (χ0) is 20.6. The minimum Gasteiger partial charge on any atom is -0.329 e. The van der Waals surface area contributed by atoms with Crippen molar-refractivity contribution in [3.8, 4) is 0 Å². The molecule has 0 spiro atoms. The van der Waals surface area contributed by atoms with E-state index in [1.807, 2.05) is 13.1 Å². The van der Waals surface area contributed by atoms with Crippen LogP contribution in [0.25, 0.3) is 0 Å². The van der Waals surface area contributed by atoms with Crippen molar-refractivity contribution in [3.05, 3.63) is 62.5 Å². The lowest BCUT2D eigenvalue weighted by Crippen LogP contribution is -2.38. The van der Waals surface area contributed by atoms with Crippen LogP contribution in [0.1, 0.15) is 35.3 Å². The first-order valence-electron chi connectivity index (χ1n) is 9.22. The highest BCUT2D eigenvalue weighted by Gasteiger charge is 2.33. The molecule has 0 aliphatic carbocycles. The monoisotopic (exact) mass is 470 g/mol. The quantitative estimate of drug-likeness (QED) is 0.547. The highest BCUT2D eigenvalue weighted by atomic mass is 35.5. The van der Waals surface area contributed by atoms with Crippen molar-refractivity contribution < 1.29 is 8.42 Å². The smallest absolute Gasteiger partial charge is 0.244 e. The number of imidazole rings is 1. The lowest BCUT2D eigenvalue weighted by molar-refractivity contribution is 0.310. The van der Waals surface area contributed by atoms with E-state index in [2.05, 4.69) is 19.9 Å². The summed E-state index contributed by atoms with van der Waals surface area (Å²) in [4.78, 5) is 9.13. The fourth-order valence-corrected chi connectivity index (χ4v) is 6.46. The van der Waals surface area contributed by atoms with Crippen LogP contribution in [0.5, 0.6) is 0 Å². The Morgan fingerprint density at radius 1 is 1.24 bits per heavy atom. The molecule has 0 unspecified atom stereocenters. The van der Waals surface area contributed by atoms with E-state index < -0.39 is 10.0 Å². The van der Waals surface area contributed by atoms with Gasteiger partial charge in [0.15, 0.2) is 0 Å². The molecule has 1 aromatic carbocycles. The highest BCUT2D eigenvalue weighted by molar-refractivity contribution is 7.89. The van der Waals surface area contributed by atoms with Gasteiger partial charge < -0.3 is 4.57 Å². The second-order valence-electron chi connectivity index (χ2n) is 7.00. The van der Waals surface area contributed by atoms with Crippen molar-refractivity contribution in [2.45, 2.75) is 37.1 Å². The molecule has 1 fully saturated rings. The number of aromatic nitrogens is 3. The van der Waals surface area contributed by atoms with Gasteiger partial charge in [-0.05, 0) is 31.9 Å². The van der Waals surface area contributed by atoms with E-state index >= 15 is 0 Å². The van der Waals surface area contributed by atoms with E-state index in [1.54, 1.807) is 29.7 Å². The van der Waals surface area contributed by atoms with Gasteiger partial charge in [-0.1, -0.05) is 29.3 Å². The van der Waals surface area contributed by atoms with E-state index in [0.29, 0.717) is 32.5 Å². The molecule has 29 heavy (non-hydrogen) atoms. The maximum Gasteiger partial charge on any atom is 0.244 e. The number of sulfonamides is 1. The first kappa shape index (κ1) is 20.8. The van der Waals surface area contributed by atoms with E-state index in [1.165, 1.54) is 10.4 Å². The van der Waals surface area contributed by atoms with Crippen LogP contribution in [0, 0.1) is 6.92 Å². The van der Waals surface area contributed by atoms with Gasteiger partial charge in [0.1, 0.15) is 10.7 Å². The molecular weight excluding hydrogens is 451 g/mol. The third-order valence-corrected chi connectivity index (χ3v) is 8.79. The number of benzene rings is 1. The fraction of sp³-hybridized carbons (Fsp3) is 0.368. The summed E-state index contributed by atoms with van der Waals surface area (Å²) < 4.78 is 29.6. The summed E-state index contributed by atoms with van der Waals surface area (Å²) in [6, 6.07) is 4.68. The van der Waals surface area contributed by atoms with E-state index in [4.69, 9.17) is 23.2 Å². The average Bonchev–Trinajstić information content (AvgIpc) is 3.33. The van der Waals surface area contributed by atoms with E-state index in [0.717, 1.165) is 16.5 Å². The van der Waals surface area contributed by atoms with Crippen LogP contribution in [0.3, 0.4) is 0 Å². The Hall–Kier alpha value is -1.45. The van der Waals surface area contributed by atoms with Crippen molar-refractivity contribution in [1.29, 1.82) is 0 Å². The van der Waals surface area contributed by atoms with Gasteiger partial charge in [0.05, 0.1) is 27.3 Å². The van der Waals surface area contributed by atoms with Crippen LogP contribution in [0.2, 0.25) is 10.0 Å². The maximum absolute atomic E-state index is 13.0. The van der Waals surface area contributed by atoms with Crippen LogP contribution in [0.15, 0.2) is 40.9 Å². The zero-order valence-electron chi connectivity index (χ0n) is 15.8. The van der Waals surface area contributed by atoms with Crippen molar-refractivity contribution in [3.63, 3.8) is 0 Å². The van der Waals surface area contributed by atoms with Gasteiger partial charge in [-0.3, -0.25) is 0 Å². The Bertz CT molecular complexity index is 1120. The topological polar surface area (TPSA) is 68.1 Å². The molecule has 1 aliphatic heterocycles. The molecule has 3 aromatic rings. The predicted molar refractivity (Wildman–Crippen MR) is 115 cm³/mol. The molecule has 0 N–H and O–H groups in total. The second kappa shape index (κ2) is 8.35. The Kier molecular flexibility index (Phi) is 5.99.